The number of likely N-dealkylation sites (tertiary alicyclic amines) is 1. The third-order valence-electron chi connectivity index (χ3n) is 3.02. The van der Waals surface area contributed by atoms with Crippen LogP contribution in [0.1, 0.15) is 18.0 Å². The monoisotopic (exact) mass is 260 g/mol. The highest BCUT2D eigenvalue weighted by molar-refractivity contribution is 6.04. The first-order chi connectivity index (χ1) is 9.00. The maximum absolute atomic E-state index is 12.1. The Balaban J connectivity index is 2.38. The van der Waals surface area contributed by atoms with Gasteiger partial charge in [-0.25, -0.2) is 9.69 Å². The van der Waals surface area contributed by atoms with E-state index in [0.29, 0.717) is 12.0 Å². The van der Waals surface area contributed by atoms with Crippen molar-refractivity contribution in [1.29, 1.82) is 0 Å². The molecular formula is C14H16N2O3. The lowest BCUT2D eigenvalue weighted by Gasteiger charge is -2.19. The van der Waals surface area contributed by atoms with Gasteiger partial charge in [-0.3, -0.25) is 4.79 Å². The predicted octanol–water partition coefficient (Wildman–Crippen LogP) is 2.08. The van der Waals surface area contributed by atoms with Crippen molar-refractivity contribution < 1.29 is 14.7 Å². The van der Waals surface area contributed by atoms with Crippen molar-refractivity contribution in [2.24, 2.45) is 0 Å². The summed E-state index contributed by atoms with van der Waals surface area (Å²) in [5.41, 5.74) is 1.35. The fourth-order valence-electron chi connectivity index (χ4n) is 2.27. The quantitative estimate of drug-likeness (QED) is 0.827. The zero-order chi connectivity index (χ0) is 14.0. The number of amides is 2. The molecule has 1 unspecified atom stereocenters. The Morgan fingerprint density at radius 2 is 2.00 bits per heavy atom. The average Bonchev–Trinajstić information content (AvgIpc) is 2.67. The smallest absolute Gasteiger partial charge is 0.414 e. The van der Waals surface area contributed by atoms with Crippen molar-refractivity contribution in [3.63, 3.8) is 0 Å². The first kappa shape index (κ1) is 13.1. The van der Waals surface area contributed by atoms with Gasteiger partial charge in [0.15, 0.2) is 0 Å². The number of hydrogen-bond donors (Lipinski definition) is 1. The van der Waals surface area contributed by atoms with Crippen LogP contribution in [0.25, 0.3) is 0 Å². The summed E-state index contributed by atoms with van der Waals surface area (Å²) < 4.78 is 0. The molecule has 0 aliphatic carbocycles. The number of hydrogen-bond acceptors (Lipinski definition) is 3. The predicted molar refractivity (Wildman–Crippen MR) is 70.4 cm³/mol. The van der Waals surface area contributed by atoms with Gasteiger partial charge in [-0.2, -0.15) is 0 Å². The van der Waals surface area contributed by atoms with Crippen molar-refractivity contribution in [3.8, 4) is 0 Å². The number of imide groups is 1. The van der Waals surface area contributed by atoms with E-state index in [2.05, 4.69) is 0 Å². The van der Waals surface area contributed by atoms with Crippen LogP contribution >= 0.6 is 0 Å². The second-order valence-corrected chi connectivity index (χ2v) is 4.71. The number of carbonyl (C=O) groups is 2. The molecule has 1 atom stereocenters. The van der Waals surface area contributed by atoms with E-state index in [1.54, 1.807) is 25.2 Å². The minimum atomic E-state index is -1.21. The molecule has 1 N–H and O–H groups in total. The van der Waals surface area contributed by atoms with Gasteiger partial charge in [-0.15, -0.1) is 0 Å². The van der Waals surface area contributed by atoms with Gasteiger partial charge >= 0.3 is 6.09 Å². The lowest BCUT2D eigenvalue weighted by atomic mass is 10.0. The molecule has 1 aliphatic rings. The lowest BCUT2D eigenvalue weighted by Crippen LogP contribution is -2.33. The molecule has 1 fully saturated rings. The van der Waals surface area contributed by atoms with Gasteiger partial charge in [-0.05, 0) is 5.56 Å². The lowest BCUT2D eigenvalue weighted by molar-refractivity contribution is -0.124. The third-order valence-corrected chi connectivity index (χ3v) is 3.02. The molecule has 0 bridgehead atoms. The van der Waals surface area contributed by atoms with E-state index < -0.39 is 18.0 Å². The van der Waals surface area contributed by atoms with E-state index >= 15 is 0 Å². The number of rotatable bonds is 2. The molecule has 100 valence electrons. The van der Waals surface area contributed by atoms with E-state index in [1.165, 1.54) is 0 Å². The van der Waals surface area contributed by atoms with Crippen LogP contribution in [-0.2, 0) is 4.79 Å². The molecule has 1 aromatic rings. The van der Waals surface area contributed by atoms with Gasteiger partial charge in [0.25, 0.3) is 5.91 Å². The Hall–Kier alpha value is -2.30. The molecular weight excluding hydrogens is 244 g/mol. The minimum absolute atomic E-state index is 0.410. The molecule has 1 aliphatic heterocycles. The molecule has 0 spiro atoms. The van der Waals surface area contributed by atoms with Crippen LogP contribution in [0.4, 0.5) is 4.79 Å². The summed E-state index contributed by atoms with van der Waals surface area (Å²) in [7, 11) is 3.61. The number of carboxylic acid groups (broad SMARTS) is 1. The van der Waals surface area contributed by atoms with Gasteiger partial charge in [0, 0.05) is 32.3 Å². The van der Waals surface area contributed by atoms with E-state index in [1.807, 2.05) is 30.3 Å². The Morgan fingerprint density at radius 1 is 1.37 bits per heavy atom. The molecule has 0 saturated carbocycles. The second-order valence-electron chi connectivity index (χ2n) is 4.71. The molecule has 0 radical (unpaired) electrons. The second kappa shape index (κ2) is 5.14. The summed E-state index contributed by atoms with van der Waals surface area (Å²) in [4.78, 5) is 26.1. The first-order valence-corrected chi connectivity index (χ1v) is 5.99. The first-order valence-electron chi connectivity index (χ1n) is 5.99. The van der Waals surface area contributed by atoms with Gasteiger partial charge < -0.3 is 10.0 Å². The molecule has 2 amide bonds. The largest absolute Gasteiger partial charge is 0.465 e. The average molecular weight is 260 g/mol. The van der Waals surface area contributed by atoms with Crippen LogP contribution in [0.2, 0.25) is 0 Å². The molecule has 1 saturated heterocycles. The Bertz CT molecular complexity index is 523. The highest BCUT2D eigenvalue weighted by Crippen LogP contribution is 2.36. The minimum Gasteiger partial charge on any atom is -0.465 e. The van der Waals surface area contributed by atoms with E-state index in [-0.39, 0.29) is 0 Å². The molecule has 1 aromatic carbocycles. The van der Waals surface area contributed by atoms with Crippen LogP contribution in [0.15, 0.2) is 42.1 Å². The topological polar surface area (TPSA) is 60.9 Å². The third kappa shape index (κ3) is 2.59. The van der Waals surface area contributed by atoms with Crippen LogP contribution in [0.5, 0.6) is 0 Å². The van der Waals surface area contributed by atoms with Crippen LogP contribution in [-0.4, -0.2) is 41.0 Å². The van der Waals surface area contributed by atoms with E-state index in [4.69, 9.17) is 0 Å². The standard InChI is InChI=1S/C14H16N2O3/c1-15(2)9-11-8-12(10-6-4-3-5-7-10)16(13(11)17)14(18)19/h3-7,9,12H,8H2,1-2H3,(H,18,19)/b11-9+. The maximum Gasteiger partial charge on any atom is 0.414 e. The molecule has 1 heterocycles. The summed E-state index contributed by atoms with van der Waals surface area (Å²) in [6.07, 6.45) is 0.884. The van der Waals surface area contributed by atoms with Crippen molar-refractivity contribution in [2.45, 2.75) is 12.5 Å². The van der Waals surface area contributed by atoms with E-state index in [9.17, 15) is 14.7 Å². The molecule has 0 aromatic heterocycles. The molecule has 5 nitrogen and oxygen atoms in total. The highest BCUT2D eigenvalue weighted by Gasteiger charge is 2.40. The molecule has 19 heavy (non-hydrogen) atoms. The normalized spacial score (nSPS) is 20.9. The zero-order valence-corrected chi connectivity index (χ0v) is 10.9. The van der Waals surface area contributed by atoms with Crippen molar-refractivity contribution in [3.05, 3.63) is 47.7 Å². The van der Waals surface area contributed by atoms with Crippen molar-refractivity contribution >= 4 is 12.0 Å². The van der Waals surface area contributed by atoms with Crippen molar-refractivity contribution in [2.75, 3.05) is 14.1 Å². The fraction of sp³-hybridized carbons (Fsp3) is 0.286. The summed E-state index contributed by atoms with van der Waals surface area (Å²) in [5.74, 6) is -0.435. The van der Waals surface area contributed by atoms with Gasteiger partial charge in [0.05, 0.1) is 6.04 Å². The highest BCUT2D eigenvalue weighted by atomic mass is 16.4. The Kier molecular flexibility index (Phi) is 3.55. The van der Waals surface area contributed by atoms with Gasteiger partial charge in [-0.1, -0.05) is 30.3 Å². The zero-order valence-electron chi connectivity index (χ0n) is 10.9. The summed E-state index contributed by atoms with van der Waals surface area (Å²) in [6.45, 7) is 0. The molecule has 5 heteroatoms. The van der Waals surface area contributed by atoms with Crippen LogP contribution in [0, 0.1) is 0 Å². The van der Waals surface area contributed by atoms with E-state index in [0.717, 1.165) is 10.5 Å². The maximum atomic E-state index is 12.1. The summed E-state index contributed by atoms with van der Waals surface area (Å²) in [5, 5.41) is 9.23. The number of carbonyl (C=O) groups excluding carboxylic acids is 1. The van der Waals surface area contributed by atoms with Gasteiger partial charge in [0.1, 0.15) is 0 Å². The van der Waals surface area contributed by atoms with Crippen molar-refractivity contribution in [1.82, 2.24) is 9.80 Å². The van der Waals surface area contributed by atoms with Gasteiger partial charge in [0.2, 0.25) is 0 Å². The summed E-state index contributed by atoms with van der Waals surface area (Å²) in [6, 6.07) is 8.79. The summed E-state index contributed by atoms with van der Waals surface area (Å²) >= 11 is 0. The molecule has 2 rings (SSSR count). The Morgan fingerprint density at radius 3 is 2.53 bits per heavy atom. The van der Waals surface area contributed by atoms with Crippen LogP contribution in [0.3, 0.4) is 0 Å². The number of nitrogens with zero attached hydrogens (tertiary/aromatic N) is 2. The van der Waals surface area contributed by atoms with Crippen LogP contribution < -0.4 is 0 Å². The fourth-order valence-corrected chi connectivity index (χ4v) is 2.27. The number of benzene rings is 1. The SMILES string of the molecule is CN(C)/C=C1\CC(c2ccccc2)N(C(=O)O)C1=O. The Labute approximate surface area is 111 Å².